The van der Waals surface area contributed by atoms with Crippen LogP contribution in [0.5, 0.6) is 0 Å². The fourth-order valence-electron chi connectivity index (χ4n) is 2.09. The Balaban J connectivity index is 2.16. The number of hydrogen-bond donors (Lipinski definition) is 0. The van der Waals surface area contributed by atoms with Crippen molar-refractivity contribution < 1.29 is 4.57 Å². The molecule has 0 aromatic heterocycles. The second-order valence-electron chi connectivity index (χ2n) is 3.83. The third kappa shape index (κ3) is 1.53. The van der Waals surface area contributed by atoms with Gasteiger partial charge >= 0.3 is 0 Å². The summed E-state index contributed by atoms with van der Waals surface area (Å²) in [5.41, 5.74) is 1.69. The van der Waals surface area contributed by atoms with Crippen molar-refractivity contribution in [2.45, 2.75) is 24.9 Å². The number of benzene rings is 1. The molecular formula is C11H13OP. The van der Waals surface area contributed by atoms with Gasteiger partial charge in [-0.1, -0.05) is 37.3 Å². The SMILES string of the molecule is CC1CC(c2ccccc2)C1P=O. The van der Waals surface area contributed by atoms with Crippen molar-refractivity contribution in [2.75, 3.05) is 0 Å². The van der Waals surface area contributed by atoms with Crippen LogP contribution in [0.1, 0.15) is 24.8 Å². The third-order valence-corrected chi connectivity index (χ3v) is 4.08. The van der Waals surface area contributed by atoms with Gasteiger partial charge in [-0.05, 0) is 23.8 Å². The summed E-state index contributed by atoms with van der Waals surface area (Å²) < 4.78 is 10.9. The van der Waals surface area contributed by atoms with Crippen molar-refractivity contribution in [3.8, 4) is 0 Å². The highest BCUT2D eigenvalue weighted by molar-refractivity contribution is 7.25. The maximum atomic E-state index is 10.9. The highest BCUT2D eigenvalue weighted by atomic mass is 31.1. The first-order valence-electron chi connectivity index (χ1n) is 4.70. The molecule has 1 fully saturated rings. The lowest BCUT2D eigenvalue weighted by Crippen LogP contribution is -2.33. The van der Waals surface area contributed by atoms with Crippen molar-refractivity contribution >= 4 is 8.46 Å². The maximum absolute atomic E-state index is 10.9. The lowest BCUT2D eigenvalue weighted by Gasteiger charge is -2.39. The Morgan fingerprint density at radius 1 is 1.31 bits per heavy atom. The zero-order valence-electron chi connectivity index (χ0n) is 7.68. The Bertz CT molecular complexity index is 296. The molecule has 0 aliphatic heterocycles. The van der Waals surface area contributed by atoms with E-state index in [0.717, 1.165) is 0 Å². The first-order valence-corrected chi connectivity index (χ1v) is 5.58. The highest BCUT2D eigenvalue weighted by Crippen LogP contribution is 2.47. The number of rotatable bonds is 2. The van der Waals surface area contributed by atoms with Crippen molar-refractivity contribution in [1.82, 2.24) is 0 Å². The molecule has 2 heteroatoms. The van der Waals surface area contributed by atoms with Gasteiger partial charge in [-0.15, -0.1) is 0 Å². The molecular weight excluding hydrogens is 179 g/mol. The Morgan fingerprint density at radius 3 is 2.54 bits per heavy atom. The second-order valence-corrected chi connectivity index (χ2v) is 4.63. The van der Waals surface area contributed by atoms with Crippen LogP contribution in [0.3, 0.4) is 0 Å². The van der Waals surface area contributed by atoms with Gasteiger partial charge in [0, 0.05) is 5.66 Å². The summed E-state index contributed by atoms with van der Waals surface area (Å²) in [4.78, 5) is 0. The smallest absolute Gasteiger partial charge is 0.159 e. The summed E-state index contributed by atoms with van der Waals surface area (Å²) in [7, 11) is 0.314. The molecule has 68 valence electrons. The van der Waals surface area contributed by atoms with Gasteiger partial charge < -0.3 is 0 Å². The van der Waals surface area contributed by atoms with Crippen LogP contribution >= 0.6 is 8.46 Å². The molecule has 0 bridgehead atoms. The molecule has 3 unspecified atom stereocenters. The van der Waals surface area contributed by atoms with Crippen molar-refractivity contribution in [3.05, 3.63) is 35.9 Å². The van der Waals surface area contributed by atoms with E-state index in [9.17, 15) is 4.57 Å². The van der Waals surface area contributed by atoms with Gasteiger partial charge in [-0.2, -0.15) is 0 Å². The lowest BCUT2D eigenvalue weighted by atomic mass is 9.72. The monoisotopic (exact) mass is 192 g/mol. The Morgan fingerprint density at radius 2 is 2.00 bits per heavy atom. The molecule has 0 radical (unpaired) electrons. The largest absolute Gasteiger partial charge is 0.275 e. The standard InChI is InChI=1S/C11H13OP/c1-8-7-10(11(8)13-12)9-5-3-2-4-6-9/h2-6,8,10-11H,7H2,1H3. The van der Waals surface area contributed by atoms with E-state index in [1.54, 1.807) is 0 Å². The van der Waals surface area contributed by atoms with E-state index in [2.05, 4.69) is 31.2 Å². The van der Waals surface area contributed by atoms with Gasteiger partial charge in [-0.3, -0.25) is 4.57 Å². The van der Waals surface area contributed by atoms with Crippen molar-refractivity contribution in [1.29, 1.82) is 0 Å². The van der Waals surface area contributed by atoms with Crippen molar-refractivity contribution in [2.24, 2.45) is 5.92 Å². The predicted octanol–water partition coefficient (Wildman–Crippen LogP) is 3.47. The average Bonchev–Trinajstić information content (AvgIpc) is 2.16. The fraction of sp³-hybridized carbons (Fsp3) is 0.455. The summed E-state index contributed by atoms with van der Waals surface area (Å²) in [5, 5.41) is 0. The third-order valence-electron chi connectivity index (χ3n) is 2.97. The molecule has 0 saturated heterocycles. The number of hydrogen-bond acceptors (Lipinski definition) is 1. The van der Waals surface area contributed by atoms with Crippen LogP contribution in [0.2, 0.25) is 0 Å². The molecule has 0 N–H and O–H groups in total. The van der Waals surface area contributed by atoms with Gasteiger partial charge in [0.2, 0.25) is 0 Å². The minimum atomic E-state index is 0.314. The van der Waals surface area contributed by atoms with Gasteiger partial charge in [0.25, 0.3) is 0 Å². The predicted molar refractivity (Wildman–Crippen MR) is 54.4 cm³/mol. The first-order chi connectivity index (χ1) is 6.33. The Labute approximate surface area is 80.4 Å². The molecule has 2 rings (SSSR count). The molecule has 1 aliphatic rings. The molecule has 13 heavy (non-hydrogen) atoms. The normalized spacial score (nSPS) is 32.8. The molecule has 1 aliphatic carbocycles. The van der Waals surface area contributed by atoms with Crippen molar-refractivity contribution in [3.63, 3.8) is 0 Å². The topological polar surface area (TPSA) is 17.1 Å². The van der Waals surface area contributed by atoms with E-state index in [0.29, 0.717) is 26.0 Å². The molecule has 1 nitrogen and oxygen atoms in total. The summed E-state index contributed by atoms with van der Waals surface area (Å²) in [6, 6.07) is 10.4. The molecule has 0 amide bonds. The van der Waals surface area contributed by atoms with Crippen LogP contribution in [0, 0.1) is 5.92 Å². The average molecular weight is 192 g/mol. The zero-order chi connectivity index (χ0) is 9.26. The lowest BCUT2D eigenvalue weighted by molar-refractivity contribution is 0.297. The van der Waals surface area contributed by atoms with Crippen LogP contribution in [0.4, 0.5) is 0 Å². The van der Waals surface area contributed by atoms with E-state index in [1.165, 1.54) is 12.0 Å². The molecule has 3 atom stereocenters. The van der Waals surface area contributed by atoms with Crippen LogP contribution in [-0.2, 0) is 4.57 Å². The van der Waals surface area contributed by atoms with E-state index in [4.69, 9.17) is 0 Å². The van der Waals surface area contributed by atoms with E-state index in [-0.39, 0.29) is 0 Å². The molecule has 1 aromatic carbocycles. The van der Waals surface area contributed by atoms with Crippen LogP contribution < -0.4 is 0 Å². The van der Waals surface area contributed by atoms with Gasteiger partial charge in [0.15, 0.2) is 8.46 Å². The second kappa shape index (κ2) is 3.59. The minimum absolute atomic E-state index is 0.314. The maximum Gasteiger partial charge on any atom is 0.159 e. The van der Waals surface area contributed by atoms with Crippen LogP contribution in [0.25, 0.3) is 0 Å². The molecule has 1 aromatic rings. The van der Waals surface area contributed by atoms with E-state index < -0.39 is 0 Å². The first kappa shape index (κ1) is 8.90. The van der Waals surface area contributed by atoms with Gasteiger partial charge in [0.05, 0.1) is 0 Å². The fourth-order valence-corrected chi connectivity index (χ4v) is 2.86. The van der Waals surface area contributed by atoms with Crippen LogP contribution in [0.15, 0.2) is 30.3 Å². The highest BCUT2D eigenvalue weighted by Gasteiger charge is 2.39. The summed E-state index contributed by atoms with van der Waals surface area (Å²) in [6.45, 7) is 2.18. The zero-order valence-corrected chi connectivity index (χ0v) is 8.58. The van der Waals surface area contributed by atoms with Gasteiger partial charge in [0.1, 0.15) is 0 Å². The van der Waals surface area contributed by atoms with Crippen LogP contribution in [-0.4, -0.2) is 5.66 Å². The Kier molecular flexibility index (Phi) is 2.46. The molecule has 1 saturated carbocycles. The van der Waals surface area contributed by atoms with E-state index >= 15 is 0 Å². The summed E-state index contributed by atoms with van der Waals surface area (Å²) in [6.07, 6.45) is 1.18. The Hall–Kier alpha value is -0.680. The van der Waals surface area contributed by atoms with E-state index in [1.807, 2.05) is 6.07 Å². The molecule has 0 heterocycles. The molecule has 0 spiro atoms. The quantitative estimate of drug-likeness (QED) is 0.655. The summed E-state index contributed by atoms with van der Waals surface area (Å²) >= 11 is 0. The minimum Gasteiger partial charge on any atom is -0.275 e. The van der Waals surface area contributed by atoms with Gasteiger partial charge in [-0.25, -0.2) is 0 Å². The summed E-state index contributed by atoms with van der Waals surface area (Å²) in [5.74, 6) is 1.14.